The van der Waals surface area contributed by atoms with Gasteiger partial charge < -0.3 is 20.7 Å². The van der Waals surface area contributed by atoms with Gasteiger partial charge in [0.25, 0.3) is 0 Å². The fraction of sp³-hybridized carbons (Fsp3) is 0.697. The Morgan fingerprint density at radius 3 is 1.67 bits per heavy atom. The number of nitrogens with one attached hydrogen (secondary N) is 5. The molecule has 0 spiro atoms. The first-order valence-electron chi connectivity index (χ1n) is 15.2. The van der Waals surface area contributed by atoms with E-state index in [1.807, 2.05) is 107 Å². The van der Waals surface area contributed by atoms with E-state index in [1.165, 1.54) is 0 Å². The summed E-state index contributed by atoms with van der Waals surface area (Å²) in [6.45, 7) is 23.9. The number of carbonyl (C=O) groups excluding carboxylic acids is 4. The zero-order valence-electron chi connectivity index (χ0n) is 28.5. The fourth-order valence-corrected chi connectivity index (χ4v) is 4.37. The van der Waals surface area contributed by atoms with Crippen LogP contribution >= 0.6 is 0 Å². The molecule has 0 radical (unpaired) electrons. The van der Waals surface area contributed by atoms with Crippen LogP contribution in [0.25, 0.3) is 0 Å². The fourth-order valence-electron chi connectivity index (χ4n) is 4.37. The molecule has 43 heavy (non-hydrogen) atoms. The molecule has 1 aromatic carbocycles. The Hall–Kier alpha value is -2.98. The average molecular weight is 604 g/mol. The maximum absolute atomic E-state index is 13.0. The second-order valence-corrected chi connectivity index (χ2v) is 15.3. The Kier molecular flexibility index (Phi) is 13.9. The molecule has 0 aliphatic rings. The summed E-state index contributed by atoms with van der Waals surface area (Å²) in [7, 11) is 0. The van der Waals surface area contributed by atoms with Crippen LogP contribution in [0.2, 0.25) is 0 Å². The Bertz CT molecular complexity index is 1070. The van der Waals surface area contributed by atoms with Crippen LogP contribution in [-0.4, -0.2) is 59.8 Å². The molecule has 0 saturated heterocycles. The van der Waals surface area contributed by atoms with Crippen molar-refractivity contribution in [2.24, 2.45) is 10.8 Å². The first kappa shape index (κ1) is 38.0. The Morgan fingerprint density at radius 1 is 0.698 bits per heavy atom. The van der Waals surface area contributed by atoms with E-state index in [-0.39, 0.29) is 48.3 Å². The Morgan fingerprint density at radius 2 is 1.19 bits per heavy atom. The predicted octanol–water partition coefficient (Wildman–Crippen LogP) is 4.46. The predicted molar refractivity (Wildman–Crippen MR) is 172 cm³/mol. The van der Waals surface area contributed by atoms with Gasteiger partial charge in [0.15, 0.2) is 11.6 Å². The van der Waals surface area contributed by atoms with Gasteiger partial charge in [0.05, 0.1) is 18.6 Å². The zero-order chi connectivity index (χ0) is 33.2. The van der Waals surface area contributed by atoms with Crippen LogP contribution in [-0.2, 0) is 20.8 Å². The highest BCUT2D eigenvalue weighted by molar-refractivity contribution is 5.90. The normalized spacial score (nSPS) is 14.0. The third kappa shape index (κ3) is 15.9. The number of rotatable bonds is 13. The largest absolute Gasteiger partial charge is 0.492 e. The van der Waals surface area contributed by atoms with Crippen molar-refractivity contribution in [2.45, 2.75) is 126 Å². The first-order valence-corrected chi connectivity index (χ1v) is 15.2. The summed E-state index contributed by atoms with van der Waals surface area (Å²) >= 11 is 0. The number of hydrogen-bond acceptors (Lipinski definition) is 7. The van der Waals surface area contributed by atoms with Gasteiger partial charge in [-0.2, -0.15) is 0 Å². The zero-order valence-corrected chi connectivity index (χ0v) is 28.5. The van der Waals surface area contributed by atoms with Crippen molar-refractivity contribution < 1.29 is 23.9 Å². The minimum absolute atomic E-state index is 0.0351. The summed E-state index contributed by atoms with van der Waals surface area (Å²) in [6, 6.07) is 6.23. The van der Waals surface area contributed by atoms with E-state index in [4.69, 9.17) is 4.74 Å². The van der Waals surface area contributed by atoms with Crippen molar-refractivity contribution in [3.63, 3.8) is 0 Å². The molecule has 0 bridgehead atoms. The van der Waals surface area contributed by atoms with Crippen LogP contribution < -0.4 is 31.5 Å². The lowest BCUT2D eigenvalue weighted by Crippen LogP contribution is -2.52. The van der Waals surface area contributed by atoms with Crippen molar-refractivity contribution in [1.82, 2.24) is 26.8 Å². The van der Waals surface area contributed by atoms with E-state index in [0.717, 1.165) is 5.56 Å². The van der Waals surface area contributed by atoms with E-state index in [2.05, 4.69) is 26.8 Å². The van der Waals surface area contributed by atoms with Crippen LogP contribution in [0.1, 0.15) is 101 Å². The van der Waals surface area contributed by atoms with Gasteiger partial charge in [0.2, 0.25) is 5.91 Å². The van der Waals surface area contributed by atoms with E-state index < -0.39 is 28.8 Å². The number of urea groups is 1. The SMILES string of the molecule is CC(C)(C)NC(CCC(=O)NNC(=O)NCCOc1ccc(CC(NC(C)(C)C)C(=O)C(C)(C)C)cc1)C(=O)C(C)(C)C. The number of hydrogen-bond donors (Lipinski definition) is 5. The number of amides is 3. The van der Waals surface area contributed by atoms with Gasteiger partial charge in [0.1, 0.15) is 12.4 Å². The lowest BCUT2D eigenvalue weighted by Gasteiger charge is -2.32. The lowest BCUT2D eigenvalue weighted by atomic mass is 9.83. The molecule has 1 rings (SSSR count). The second-order valence-electron chi connectivity index (χ2n) is 15.3. The van der Waals surface area contributed by atoms with E-state index in [0.29, 0.717) is 18.6 Å². The molecule has 244 valence electrons. The summed E-state index contributed by atoms with van der Waals surface area (Å²) in [5, 5.41) is 9.38. The van der Waals surface area contributed by atoms with Gasteiger partial charge in [0, 0.05) is 28.3 Å². The maximum Gasteiger partial charge on any atom is 0.333 e. The number of benzene rings is 1. The highest BCUT2D eigenvalue weighted by Gasteiger charge is 2.33. The Balaban J connectivity index is 2.49. The van der Waals surface area contributed by atoms with Gasteiger partial charge >= 0.3 is 6.03 Å². The van der Waals surface area contributed by atoms with Crippen LogP contribution in [0.3, 0.4) is 0 Å². The Labute approximate surface area is 259 Å². The monoisotopic (exact) mass is 603 g/mol. The quantitative estimate of drug-likeness (QED) is 0.166. The first-order chi connectivity index (χ1) is 19.5. The number of carbonyl (C=O) groups is 4. The van der Waals surface area contributed by atoms with E-state index in [9.17, 15) is 19.2 Å². The van der Waals surface area contributed by atoms with Crippen molar-refractivity contribution in [2.75, 3.05) is 13.2 Å². The lowest BCUT2D eigenvalue weighted by molar-refractivity contribution is -0.130. The number of Topliss-reactive ketones (excluding diaryl/α,β-unsaturated/α-hetero) is 2. The highest BCUT2D eigenvalue weighted by atomic mass is 16.5. The van der Waals surface area contributed by atoms with Crippen LogP contribution in [0.4, 0.5) is 4.79 Å². The van der Waals surface area contributed by atoms with Crippen LogP contribution in [0, 0.1) is 10.8 Å². The highest BCUT2D eigenvalue weighted by Crippen LogP contribution is 2.22. The van der Waals surface area contributed by atoms with E-state index >= 15 is 0 Å². The molecule has 0 aromatic heterocycles. The molecule has 2 atom stereocenters. The standard InChI is InChI=1S/C33H57N5O5/c1-30(2,3)27(40)24(35-32(7,8)9)17-18-26(39)37-38-29(42)34-19-20-43-23-15-13-22(14-16-23)21-25(36-33(10,11)12)28(41)31(4,5)6/h13-16,24-25,35-36H,17-21H2,1-12H3,(H,37,39)(H2,34,38,42). The average Bonchev–Trinajstić information content (AvgIpc) is 2.84. The van der Waals surface area contributed by atoms with Crippen LogP contribution in [0.5, 0.6) is 5.75 Å². The number of ketones is 2. The van der Waals surface area contributed by atoms with Gasteiger partial charge in [-0.15, -0.1) is 0 Å². The number of hydrazine groups is 1. The van der Waals surface area contributed by atoms with Gasteiger partial charge in [-0.25, -0.2) is 10.2 Å². The van der Waals surface area contributed by atoms with Crippen molar-refractivity contribution >= 4 is 23.5 Å². The van der Waals surface area contributed by atoms with Crippen molar-refractivity contribution in [1.29, 1.82) is 0 Å². The molecular weight excluding hydrogens is 546 g/mol. The molecule has 1 aromatic rings. The van der Waals surface area contributed by atoms with Gasteiger partial charge in [-0.3, -0.25) is 19.8 Å². The number of ether oxygens (including phenoxy) is 1. The molecule has 0 heterocycles. The minimum Gasteiger partial charge on any atom is -0.492 e. The summed E-state index contributed by atoms with van der Waals surface area (Å²) in [5.41, 5.74) is 4.25. The molecule has 10 nitrogen and oxygen atoms in total. The minimum atomic E-state index is -0.566. The molecule has 3 amide bonds. The van der Waals surface area contributed by atoms with Crippen molar-refractivity contribution in [3.8, 4) is 5.75 Å². The summed E-state index contributed by atoms with van der Waals surface area (Å²) < 4.78 is 5.73. The summed E-state index contributed by atoms with van der Waals surface area (Å²) in [6.07, 6.45) is 0.962. The summed E-state index contributed by atoms with van der Waals surface area (Å²) in [5.74, 6) is 0.455. The molecule has 2 unspecified atom stereocenters. The molecule has 0 fully saturated rings. The molecule has 10 heteroatoms. The molecule has 5 N–H and O–H groups in total. The topological polar surface area (TPSA) is 138 Å². The summed E-state index contributed by atoms with van der Waals surface area (Å²) in [4.78, 5) is 50.3. The van der Waals surface area contributed by atoms with Crippen LogP contribution in [0.15, 0.2) is 24.3 Å². The smallest absolute Gasteiger partial charge is 0.333 e. The third-order valence-corrected chi connectivity index (χ3v) is 6.32. The van der Waals surface area contributed by atoms with Gasteiger partial charge in [-0.05, 0) is 72.1 Å². The molecular formula is C33H57N5O5. The molecule has 0 aliphatic carbocycles. The molecule has 0 saturated carbocycles. The third-order valence-electron chi connectivity index (χ3n) is 6.32. The maximum atomic E-state index is 13.0. The van der Waals surface area contributed by atoms with Gasteiger partial charge in [-0.1, -0.05) is 53.7 Å². The second kappa shape index (κ2) is 15.7. The van der Waals surface area contributed by atoms with E-state index in [1.54, 1.807) is 0 Å². The van der Waals surface area contributed by atoms with Crippen molar-refractivity contribution in [3.05, 3.63) is 29.8 Å². The molecule has 0 aliphatic heterocycles.